The van der Waals surface area contributed by atoms with Crippen LogP contribution in [0.15, 0.2) is 18.2 Å². The van der Waals surface area contributed by atoms with Gasteiger partial charge in [-0.3, -0.25) is 4.79 Å². The molecule has 1 amide bonds. The van der Waals surface area contributed by atoms with Crippen LogP contribution in [0.2, 0.25) is 0 Å². The second-order valence-corrected chi connectivity index (χ2v) is 6.41. The maximum Gasteiger partial charge on any atom is 0.236 e. The highest BCUT2D eigenvalue weighted by Crippen LogP contribution is 2.33. The van der Waals surface area contributed by atoms with Crippen LogP contribution in [0, 0.1) is 5.92 Å². The van der Waals surface area contributed by atoms with Gasteiger partial charge < -0.3 is 14.8 Å². The Bertz CT molecular complexity index is 915. The molecule has 2 aromatic heterocycles. The summed E-state index contributed by atoms with van der Waals surface area (Å²) in [6, 6.07) is 5.48. The minimum absolute atomic E-state index is 0.0210. The van der Waals surface area contributed by atoms with Gasteiger partial charge in [0, 0.05) is 11.5 Å². The Morgan fingerprint density at radius 2 is 2.04 bits per heavy atom. The molecule has 1 aromatic carbocycles. The van der Waals surface area contributed by atoms with Crippen molar-refractivity contribution >= 4 is 27.3 Å². The van der Waals surface area contributed by atoms with E-state index in [0.29, 0.717) is 27.4 Å². The van der Waals surface area contributed by atoms with E-state index in [0.717, 1.165) is 18.4 Å². The van der Waals surface area contributed by atoms with Crippen LogP contribution in [0.1, 0.15) is 12.8 Å². The molecule has 3 aromatic rings. The second-order valence-electron chi connectivity index (χ2n) is 5.46. The molecule has 0 saturated heterocycles. The van der Waals surface area contributed by atoms with Crippen molar-refractivity contribution in [2.24, 2.45) is 5.92 Å². The fourth-order valence-electron chi connectivity index (χ4n) is 2.38. The van der Waals surface area contributed by atoms with Crippen LogP contribution in [0.3, 0.4) is 0 Å². The van der Waals surface area contributed by atoms with Gasteiger partial charge in [0.15, 0.2) is 17.3 Å². The van der Waals surface area contributed by atoms with Gasteiger partial charge in [0.2, 0.25) is 16.0 Å². The minimum atomic E-state index is 0.0210. The molecule has 1 fully saturated rings. The Kier molecular flexibility index (Phi) is 3.57. The molecule has 0 bridgehead atoms. The lowest BCUT2D eigenvalue weighted by molar-refractivity contribution is -0.117. The average molecular weight is 345 g/mol. The van der Waals surface area contributed by atoms with Crippen LogP contribution in [0.4, 0.5) is 5.13 Å². The summed E-state index contributed by atoms with van der Waals surface area (Å²) in [6.07, 6.45) is 1.90. The number of amides is 1. The number of aromatic nitrogens is 4. The van der Waals surface area contributed by atoms with Crippen molar-refractivity contribution in [1.29, 1.82) is 0 Å². The third-order valence-corrected chi connectivity index (χ3v) is 4.63. The lowest BCUT2D eigenvalue weighted by atomic mass is 10.2. The smallest absolute Gasteiger partial charge is 0.236 e. The van der Waals surface area contributed by atoms with E-state index in [2.05, 4.69) is 20.6 Å². The monoisotopic (exact) mass is 345 g/mol. The van der Waals surface area contributed by atoms with Gasteiger partial charge in [-0.15, -0.1) is 15.3 Å². The Morgan fingerprint density at radius 3 is 2.75 bits per heavy atom. The zero-order valence-electron chi connectivity index (χ0n) is 13.1. The van der Waals surface area contributed by atoms with E-state index < -0.39 is 0 Å². The second kappa shape index (κ2) is 5.75. The summed E-state index contributed by atoms with van der Waals surface area (Å²) >= 11 is 1.29. The summed E-state index contributed by atoms with van der Waals surface area (Å²) in [4.78, 5) is 12.5. The van der Waals surface area contributed by atoms with Gasteiger partial charge in [-0.2, -0.15) is 4.52 Å². The van der Waals surface area contributed by atoms with Crippen molar-refractivity contribution in [3.8, 4) is 22.9 Å². The summed E-state index contributed by atoms with van der Waals surface area (Å²) in [6.45, 7) is 0. The third-order valence-electron chi connectivity index (χ3n) is 3.81. The molecule has 1 aliphatic rings. The summed E-state index contributed by atoms with van der Waals surface area (Å²) < 4.78 is 12.2. The van der Waals surface area contributed by atoms with Gasteiger partial charge in [-0.1, -0.05) is 11.3 Å². The number of nitrogens with one attached hydrogen (secondary N) is 1. The summed E-state index contributed by atoms with van der Waals surface area (Å²) in [5.41, 5.74) is 0.797. The fourth-order valence-corrected chi connectivity index (χ4v) is 3.12. The van der Waals surface area contributed by atoms with E-state index in [9.17, 15) is 4.79 Å². The first-order valence-corrected chi connectivity index (χ1v) is 8.26. The fraction of sp³-hybridized carbons (Fsp3) is 0.333. The van der Waals surface area contributed by atoms with Crippen molar-refractivity contribution < 1.29 is 14.3 Å². The lowest BCUT2D eigenvalue weighted by Crippen LogP contribution is -2.13. The first kappa shape index (κ1) is 14.9. The molecule has 1 aliphatic carbocycles. The maximum atomic E-state index is 11.9. The Labute approximate surface area is 141 Å². The van der Waals surface area contributed by atoms with E-state index in [4.69, 9.17) is 9.47 Å². The standard InChI is InChI=1S/C15H15N5O3S/c1-22-10-6-5-9(7-11(10)23-2)12-17-18-15-20(12)19-14(24-15)16-13(21)8-3-4-8/h5-8H,3-4H2,1-2H3,(H,16,19,21). The summed E-state index contributed by atoms with van der Waals surface area (Å²) in [5.74, 6) is 1.97. The zero-order chi connectivity index (χ0) is 16.7. The van der Waals surface area contributed by atoms with Crippen LogP contribution in [-0.4, -0.2) is 39.9 Å². The van der Waals surface area contributed by atoms with Crippen LogP contribution < -0.4 is 14.8 Å². The molecule has 0 spiro atoms. The Hall–Kier alpha value is -2.68. The first-order valence-electron chi connectivity index (χ1n) is 7.45. The topological polar surface area (TPSA) is 90.6 Å². The molecule has 9 heteroatoms. The van der Waals surface area contributed by atoms with Crippen LogP contribution in [0.25, 0.3) is 16.3 Å². The number of hydrogen-bond acceptors (Lipinski definition) is 7. The van der Waals surface area contributed by atoms with Crippen LogP contribution in [-0.2, 0) is 4.79 Å². The van der Waals surface area contributed by atoms with Gasteiger partial charge in [0.1, 0.15) is 0 Å². The summed E-state index contributed by atoms with van der Waals surface area (Å²) in [5, 5.41) is 16.1. The van der Waals surface area contributed by atoms with Gasteiger partial charge in [-0.25, -0.2) is 0 Å². The largest absolute Gasteiger partial charge is 0.493 e. The Morgan fingerprint density at radius 1 is 1.25 bits per heavy atom. The van der Waals surface area contributed by atoms with Crippen LogP contribution >= 0.6 is 11.3 Å². The minimum Gasteiger partial charge on any atom is -0.493 e. The van der Waals surface area contributed by atoms with Gasteiger partial charge in [0.05, 0.1) is 14.2 Å². The van der Waals surface area contributed by atoms with Crippen molar-refractivity contribution in [3.05, 3.63) is 18.2 Å². The number of benzene rings is 1. The van der Waals surface area contributed by atoms with Crippen LogP contribution in [0.5, 0.6) is 11.5 Å². The highest BCUT2D eigenvalue weighted by Gasteiger charge is 2.30. The lowest BCUT2D eigenvalue weighted by Gasteiger charge is -2.08. The number of anilines is 1. The number of rotatable bonds is 5. The quantitative estimate of drug-likeness (QED) is 0.762. The normalized spacial score (nSPS) is 13.9. The van der Waals surface area contributed by atoms with Gasteiger partial charge in [-0.05, 0) is 31.0 Å². The molecule has 124 valence electrons. The molecule has 1 N–H and O–H groups in total. The molecule has 4 rings (SSSR count). The average Bonchev–Trinajstić information content (AvgIpc) is 3.27. The molecule has 0 aliphatic heterocycles. The molecule has 8 nitrogen and oxygen atoms in total. The van der Waals surface area contributed by atoms with Gasteiger partial charge >= 0.3 is 0 Å². The molecule has 24 heavy (non-hydrogen) atoms. The van der Waals surface area contributed by atoms with Crippen molar-refractivity contribution in [2.45, 2.75) is 12.8 Å². The number of carbonyl (C=O) groups excluding carboxylic acids is 1. The zero-order valence-corrected chi connectivity index (χ0v) is 14.0. The Balaban J connectivity index is 1.69. The van der Waals surface area contributed by atoms with Crippen molar-refractivity contribution in [2.75, 3.05) is 19.5 Å². The molecule has 0 atom stereocenters. The number of carbonyl (C=O) groups is 1. The summed E-state index contributed by atoms with van der Waals surface area (Å²) in [7, 11) is 3.16. The molecule has 0 unspecified atom stereocenters. The van der Waals surface area contributed by atoms with E-state index in [-0.39, 0.29) is 11.8 Å². The van der Waals surface area contributed by atoms with E-state index in [1.807, 2.05) is 12.1 Å². The molecular formula is C15H15N5O3S. The number of nitrogens with zero attached hydrogens (tertiary/aromatic N) is 4. The van der Waals surface area contributed by atoms with E-state index >= 15 is 0 Å². The number of hydrogen-bond donors (Lipinski definition) is 1. The maximum absolute atomic E-state index is 11.9. The molecule has 1 saturated carbocycles. The number of fused-ring (bicyclic) bond motifs is 1. The molecule has 0 radical (unpaired) electrons. The van der Waals surface area contributed by atoms with Crippen molar-refractivity contribution in [1.82, 2.24) is 19.8 Å². The highest BCUT2D eigenvalue weighted by atomic mass is 32.1. The van der Waals surface area contributed by atoms with E-state index in [1.165, 1.54) is 11.3 Å². The predicted molar refractivity (Wildman–Crippen MR) is 88.6 cm³/mol. The molecule has 2 heterocycles. The molecular weight excluding hydrogens is 330 g/mol. The third kappa shape index (κ3) is 2.56. The van der Waals surface area contributed by atoms with Gasteiger partial charge in [0.25, 0.3) is 0 Å². The van der Waals surface area contributed by atoms with Crippen molar-refractivity contribution in [3.63, 3.8) is 0 Å². The predicted octanol–water partition coefficient (Wildman–Crippen LogP) is 2.22. The first-order chi connectivity index (χ1) is 11.7. The van der Waals surface area contributed by atoms with E-state index in [1.54, 1.807) is 24.8 Å². The highest BCUT2D eigenvalue weighted by molar-refractivity contribution is 7.20. The number of ether oxygens (including phenoxy) is 2. The SMILES string of the molecule is COc1ccc(-c2nnc3sc(NC(=O)C4CC4)nn23)cc1OC. The number of methoxy groups -OCH3 is 2.